The van der Waals surface area contributed by atoms with Gasteiger partial charge in [-0.05, 0) is 40.7 Å². The molecule has 0 radical (unpaired) electrons. The number of rotatable bonds is 3. The third kappa shape index (κ3) is 2.98. The molecule has 0 nitrogen and oxygen atoms in total. The van der Waals surface area contributed by atoms with E-state index in [0.29, 0.717) is 5.92 Å². The highest BCUT2D eigenvalue weighted by Crippen LogP contribution is 2.37. The molecule has 23 heavy (non-hydrogen) atoms. The molecule has 0 heterocycles. The summed E-state index contributed by atoms with van der Waals surface area (Å²) in [6.45, 7) is 0. The minimum Gasteiger partial charge on any atom is -0.0622 e. The van der Waals surface area contributed by atoms with Crippen LogP contribution in [0.2, 0.25) is 0 Å². The van der Waals surface area contributed by atoms with Gasteiger partial charge in [-0.25, -0.2) is 0 Å². The molecule has 1 unspecified atom stereocenters. The zero-order valence-electron chi connectivity index (χ0n) is 13.2. The smallest absolute Gasteiger partial charge is 0.00952 e. The topological polar surface area (TPSA) is 0 Å². The Labute approximate surface area is 138 Å². The fraction of sp³-hybridized carbons (Fsp3) is 0.130. The number of hydrogen-bond acceptors (Lipinski definition) is 0. The highest BCUT2D eigenvalue weighted by atomic mass is 14.3. The van der Waals surface area contributed by atoms with Crippen LogP contribution in [-0.2, 0) is 6.42 Å². The lowest BCUT2D eigenvalue weighted by molar-refractivity contribution is 0.788. The molecule has 4 rings (SSSR count). The van der Waals surface area contributed by atoms with E-state index in [-0.39, 0.29) is 0 Å². The van der Waals surface area contributed by atoms with Gasteiger partial charge in [0.05, 0.1) is 0 Å². The molecule has 3 aromatic rings. The van der Waals surface area contributed by atoms with Gasteiger partial charge < -0.3 is 0 Å². The quantitative estimate of drug-likeness (QED) is 0.525. The normalized spacial score (nSPS) is 16.6. The van der Waals surface area contributed by atoms with Gasteiger partial charge in [0.15, 0.2) is 0 Å². The van der Waals surface area contributed by atoms with E-state index in [1.54, 1.807) is 0 Å². The van der Waals surface area contributed by atoms with Crippen LogP contribution in [-0.4, -0.2) is 0 Å². The van der Waals surface area contributed by atoms with E-state index in [0.717, 1.165) is 0 Å². The Morgan fingerprint density at radius 3 is 2.09 bits per heavy atom. The Morgan fingerprint density at radius 2 is 1.30 bits per heavy atom. The SMILES string of the molecule is C(=Cc1ccc(C2CCc3ccccc32)cc1)c1ccccc1. The minimum absolute atomic E-state index is 0.568. The predicted octanol–water partition coefficient (Wildman–Crippen LogP) is 5.94. The van der Waals surface area contributed by atoms with Gasteiger partial charge >= 0.3 is 0 Å². The summed E-state index contributed by atoms with van der Waals surface area (Å²) in [5, 5.41) is 0. The highest BCUT2D eigenvalue weighted by Gasteiger charge is 2.22. The Hall–Kier alpha value is -2.60. The molecule has 0 aliphatic heterocycles. The van der Waals surface area contributed by atoms with Gasteiger partial charge in [0.2, 0.25) is 0 Å². The first kappa shape index (κ1) is 14.0. The van der Waals surface area contributed by atoms with Gasteiger partial charge in [0.1, 0.15) is 0 Å². The van der Waals surface area contributed by atoms with Gasteiger partial charge in [-0.1, -0.05) is 91.0 Å². The molecule has 0 fully saturated rings. The van der Waals surface area contributed by atoms with E-state index in [4.69, 9.17) is 0 Å². The second kappa shape index (κ2) is 6.26. The molecule has 0 aromatic heterocycles. The van der Waals surface area contributed by atoms with Crippen molar-refractivity contribution in [3.8, 4) is 0 Å². The van der Waals surface area contributed by atoms with Crippen molar-refractivity contribution in [2.75, 3.05) is 0 Å². The van der Waals surface area contributed by atoms with Crippen LogP contribution < -0.4 is 0 Å². The Morgan fingerprint density at radius 1 is 0.652 bits per heavy atom. The lowest BCUT2D eigenvalue weighted by Crippen LogP contribution is -1.95. The van der Waals surface area contributed by atoms with Crippen LogP contribution in [0.25, 0.3) is 12.2 Å². The van der Waals surface area contributed by atoms with E-state index in [2.05, 4.69) is 84.9 Å². The zero-order chi connectivity index (χ0) is 15.5. The average Bonchev–Trinajstić information content (AvgIpc) is 3.05. The maximum absolute atomic E-state index is 2.29. The average molecular weight is 296 g/mol. The van der Waals surface area contributed by atoms with E-state index in [1.807, 2.05) is 6.07 Å². The molecule has 0 amide bonds. The van der Waals surface area contributed by atoms with E-state index in [9.17, 15) is 0 Å². The van der Waals surface area contributed by atoms with Crippen LogP contribution in [0.15, 0.2) is 78.9 Å². The third-order valence-electron chi connectivity index (χ3n) is 4.74. The number of hydrogen-bond donors (Lipinski definition) is 0. The summed E-state index contributed by atoms with van der Waals surface area (Å²) in [4.78, 5) is 0. The fourth-order valence-corrected chi connectivity index (χ4v) is 3.50. The second-order valence-electron chi connectivity index (χ2n) is 6.20. The molecular weight excluding hydrogens is 276 g/mol. The number of aryl methyl sites for hydroxylation is 1. The molecule has 1 atom stereocenters. The molecule has 0 saturated heterocycles. The van der Waals surface area contributed by atoms with Crippen LogP contribution in [0.1, 0.15) is 40.2 Å². The minimum atomic E-state index is 0.568. The number of fused-ring (bicyclic) bond motifs is 1. The molecule has 0 saturated carbocycles. The summed E-state index contributed by atoms with van der Waals surface area (Å²) in [5.41, 5.74) is 6.96. The van der Waals surface area contributed by atoms with Crippen molar-refractivity contribution in [2.24, 2.45) is 0 Å². The lowest BCUT2D eigenvalue weighted by Gasteiger charge is -2.12. The maximum atomic E-state index is 2.29. The Bertz CT molecular complexity index is 810. The first-order chi connectivity index (χ1) is 11.4. The van der Waals surface area contributed by atoms with Gasteiger partial charge in [0, 0.05) is 5.92 Å². The second-order valence-corrected chi connectivity index (χ2v) is 6.20. The van der Waals surface area contributed by atoms with Crippen LogP contribution in [0, 0.1) is 0 Å². The highest BCUT2D eigenvalue weighted by molar-refractivity contribution is 5.69. The summed E-state index contributed by atoms with van der Waals surface area (Å²) in [6, 6.07) is 28.3. The van der Waals surface area contributed by atoms with Crippen molar-refractivity contribution in [2.45, 2.75) is 18.8 Å². The molecule has 1 aliphatic carbocycles. The molecule has 0 spiro atoms. The van der Waals surface area contributed by atoms with E-state index < -0.39 is 0 Å². The Balaban J connectivity index is 1.54. The first-order valence-corrected chi connectivity index (χ1v) is 8.31. The predicted molar refractivity (Wildman–Crippen MR) is 98.4 cm³/mol. The monoisotopic (exact) mass is 296 g/mol. The van der Waals surface area contributed by atoms with Crippen molar-refractivity contribution < 1.29 is 0 Å². The van der Waals surface area contributed by atoms with E-state index in [1.165, 1.54) is 40.7 Å². The molecule has 0 N–H and O–H groups in total. The maximum Gasteiger partial charge on any atom is 0.00952 e. The summed E-state index contributed by atoms with van der Waals surface area (Å²) in [5.74, 6) is 0.568. The summed E-state index contributed by atoms with van der Waals surface area (Å²) >= 11 is 0. The van der Waals surface area contributed by atoms with Crippen LogP contribution in [0.5, 0.6) is 0 Å². The van der Waals surface area contributed by atoms with Crippen molar-refractivity contribution in [3.05, 3.63) is 107 Å². The van der Waals surface area contributed by atoms with Gasteiger partial charge in [-0.3, -0.25) is 0 Å². The molecule has 0 heteroatoms. The molecule has 1 aliphatic rings. The molecule has 3 aromatic carbocycles. The van der Waals surface area contributed by atoms with Crippen LogP contribution in [0.4, 0.5) is 0 Å². The lowest BCUT2D eigenvalue weighted by atomic mass is 9.92. The Kier molecular flexibility index (Phi) is 3.81. The molecule has 0 bridgehead atoms. The third-order valence-corrected chi connectivity index (χ3v) is 4.74. The van der Waals surface area contributed by atoms with Gasteiger partial charge in [-0.2, -0.15) is 0 Å². The standard InChI is InChI=1S/C23H20/c1-2-6-18(7-3-1)10-11-19-12-14-21(15-13-19)23-17-16-20-8-4-5-9-22(20)23/h1-15,23H,16-17H2. The fourth-order valence-electron chi connectivity index (χ4n) is 3.50. The van der Waals surface area contributed by atoms with Crippen molar-refractivity contribution in [1.82, 2.24) is 0 Å². The van der Waals surface area contributed by atoms with Crippen LogP contribution >= 0.6 is 0 Å². The molecule has 112 valence electrons. The summed E-state index contributed by atoms with van der Waals surface area (Å²) in [7, 11) is 0. The van der Waals surface area contributed by atoms with E-state index >= 15 is 0 Å². The molecular formula is C23H20. The largest absolute Gasteiger partial charge is 0.0622 e. The van der Waals surface area contributed by atoms with Crippen molar-refractivity contribution in [1.29, 1.82) is 0 Å². The summed E-state index contributed by atoms with van der Waals surface area (Å²) in [6.07, 6.45) is 6.79. The first-order valence-electron chi connectivity index (χ1n) is 8.31. The van der Waals surface area contributed by atoms with Crippen LogP contribution in [0.3, 0.4) is 0 Å². The van der Waals surface area contributed by atoms with Gasteiger partial charge in [-0.15, -0.1) is 0 Å². The number of benzene rings is 3. The van der Waals surface area contributed by atoms with Gasteiger partial charge in [0.25, 0.3) is 0 Å². The zero-order valence-corrected chi connectivity index (χ0v) is 13.2. The van der Waals surface area contributed by atoms with Crippen molar-refractivity contribution >= 4 is 12.2 Å². The van der Waals surface area contributed by atoms with Crippen molar-refractivity contribution in [3.63, 3.8) is 0 Å². The summed E-state index contributed by atoms with van der Waals surface area (Å²) < 4.78 is 0.